The summed E-state index contributed by atoms with van der Waals surface area (Å²) in [6, 6.07) is 5.12. The molecule has 1 unspecified atom stereocenters. The Morgan fingerprint density at radius 2 is 1.81 bits per heavy atom. The minimum atomic E-state index is -0.311. The Balaban J connectivity index is 2.21. The normalized spacial score (nSPS) is 25.6. The van der Waals surface area contributed by atoms with Crippen LogP contribution in [0.25, 0.3) is 0 Å². The number of hydrogen-bond acceptors (Lipinski definition) is 3. The van der Waals surface area contributed by atoms with Crippen molar-refractivity contribution in [3.05, 3.63) is 68.6 Å². The topological polar surface area (TPSA) is 41.1 Å². The van der Waals surface area contributed by atoms with Crippen LogP contribution >= 0.6 is 23.2 Å². The molecule has 0 radical (unpaired) electrons. The molecule has 1 aromatic rings. The van der Waals surface area contributed by atoms with E-state index in [4.69, 9.17) is 23.2 Å². The molecule has 2 aliphatic rings. The number of carbonyl (C=O) groups is 1. The summed E-state index contributed by atoms with van der Waals surface area (Å²) in [6.07, 6.45) is 5.36. The first-order chi connectivity index (χ1) is 12.3. The quantitative estimate of drug-likeness (QED) is 0.647. The third-order valence-electron chi connectivity index (χ3n) is 4.94. The Kier molecular flexibility index (Phi) is 5.23. The highest BCUT2D eigenvalue weighted by Gasteiger charge is 2.39. The molecule has 138 valence electrons. The lowest BCUT2D eigenvalue weighted by Gasteiger charge is -2.34. The molecule has 1 heterocycles. The second kappa shape index (κ2) is 7.13. The summed E-state index contributed by atoms with van der Waals surface area (Å²) in [5.41, 5.74) is 4.44. The number of rotatable bonds is 1. The molecule has 1 aliphatic carbocycles. The maximum Gasteiger partial charge on any atom is 0.163 e. The van der Waals surface area contributed by atoms with E-state index in [0.717, 1.165) is 34.6 Å². The first-order valence-corrected chi connectivity index (χ1v) is 9.59. The van der Waals surface area contributed by atoms with Gasteiger partial charge in [0.15, 0.2) is 5.78 Å². The number of allylic oxidation sites excluding steroid dienone is 3. The van der Waals surface area contributed by atoms with Gasteiger partial charge in [-0.15, -0.1) is 0 Å². The Hall–Kier alpha value is -1.71. The van der Waals surface area contributed by atoms with Crippen molar-refractivity contribution in [2.75, 3.05) is 0 Å². The average molecular weight is 391 g/mol. The van der Waals surface area contributed by atoms with Crippen LogP contribution in [0.15, 0.2) is 53.0 Å². The van der Waals surface area contributed by atoms with Crippen LogP contribution in [0.2, 0.25) is 10.0 Å². The number of halogens is 2. The van der Waals surface area contributed by atoms with Crippen LogP contribution in [0.5, 0.6) is 0 Å². The van der Waals surface area contributed by atoms with Gasteiger partial charge in [-0.25, -0.2) is 0 Å². The third-order valence-corrected chi connectivity index (χ3v) is 5.50. The Morgan fingerprint density at radius 1 is 1.12 bits per heavy atom. The first-order valence-electron chi connectivity index (χ1n) is 8.83. The molecule has 0 aromatic heterocycles. The number of ketones is 1. The van der Waals surface area contributed by atoms with Gasteiger partial charge in [0, 0.05) is 27.7 Å². The lowest BCUT2D eigenvalue weighted by atomic mass is 9.73. The van der Waals surface area contributed by atoms with Crippen molar-refractivity contribution in [3.63, 3.8) is 0 Å². The van der Waals surface area contributed by atoms with E-state index in [9.17, 15) is 4.79 Å². The number of carbonyl (C=O) groups excluding carboxylic acids is 1. The monoisotopic (exact) mass is 390 g/mol. The van der Waals surface area contributed by atoms with E-state index in [-0.39, 0.29) is 17.2 Å². The summed E-state index contributed by atoms with van der Waals surface area (Å²) in [4.78, 5) is 13.1. The highest BCUT2D eigenvalue weighted by atomic mass is 35.5. The van der Waals surface area contributed by atoms with Crippen LogP contribution < -0.4 is 10.6 Å². The summed E-state index contributed by atoms with van der Waals surface area (Å²) in [6.45, 7) is 8.22. The van der Waals surface area contributed by atoms with Gasteiger partial charge >= 0.3 is 0 Å². The minimum absolute atomic E-state index is 0.0729. The van der Waals surface area contributed by atoms with Crippen LogP contribution in [0, 0.1) is 5.41 Å². The predicted octanol–water partition coefficient (Wildman–Crippen LogP) is 5.68. The van der Waals surface area contributed by atoms with Gasteiger partial charge < -0.3 is 10.6 Å². The molecule has 0 bridgehead atoms. The van der Waals surface area contributed by atoms with Crippen molar-refractivity contribution in [1.82, 2.24) is 10.6 Å². The molecule has 1 atom stereocenters. The van der Waals surface area contributed by atoms with E-state index in [0.29, 0.717) is 16.5 Å². The van der Waals surface area contributed by atoms with Crippen molar-refractivity contribution in [1.29, 1.82) is 0 Å². The van der Waals surface area contributed by atoms with Crippen molar-refractivity contribution in [2.24, 2.45) is 5.41 Å². The SMILES string of the molecule is C/C=C1/NC2=C(C(=O)CC(C)(C)C2)C(c2ccc(Cl)cc2Cl)N/C1=C/C. The van der Waals surface area contributed by atoms with Gasteiger partial charge in [-0.05, 0) is 43.4 Å². The fourth-order valence-corrected chi connectivity index (χ4v) is 4.27. The zero-order valence-electron chi connectivity index (χ0n) is 15.5. The lowest BCUT2D eigenvalue weighted by Crippen LogP contribution is -2.33. The minimum Gasteiger partial charge on any atom is -0.372 e. The molecule has 2 N–H and O–H groups in total. The number of Topliss-reactive ketones (excluding diaryl/α,β-unsaturated/α-hetero) is 1. The maximum atomic E-state index is 13.1. The second-order valence-corrected chi connectivity index (χ2v) is 8.45. The molecule has 0 saturated heterocycles. The number of hydrogen-bond donors (Lipinski definition) is 2. The van der Waals surface area contributed by atoms with Crippen LogP contribution in [-0.2, 0) is 4.79 Å². The van der Waals surface area contributed by atoms with Crippen molar-refractivity contribution in [3.8, 4) is 0 Å². The summed E-state index contributed by atoms with van der Waals surface area (Å²) < 4.78 is 0. The Bertz CT molecular complexity index is 850. The molecule has 1 aromatic carbocycles. The van der Waals surface area contributed by atoms with Gasteiger partial charge in [0.05, 0.1) is 17.4 Å². The molecular weight excluding hydrogens is 367 g/mol. The van der Waals surface area contributed by atoms with Crippen molar-refractivity contribution >= 4 is 29.0 Å². The van der Waals surface area contributed by atoms with Crippen molar-refractivity contribution < 1.29 is 4.79 Å². The van der Waals surface area contributed by atoms with Gasteiger partial charge in [0.1, 0.15) is 0 Å². The molecule has 0 spiro atoms. The molecule has 1 aliphatic heterocycles. The molecule has 3 nitrogen and oxygen atoms in total. The first kappa shape index (κ1) is 19.1. The molecule has 0 amide bonds. The maximum absolute atomic E-state index is 13.1. The fraction of sp³-hybridized carbons (Fsp3) is 0.381. The fourth-order valence-electron chi connectivity index (χ4n) is 3.75. The van der Waals surface area contributed by atoms with Crippen LogP contribution in [-0.4, -0.2) is 5.78 Å². The third kappa shape index (κ3) is 3.56. The van der Waals surface area contributed by atoms with Crippen molar-refractivity contribution in [2.45, 2.75) is 46.6 Å². The molecule has 3 rings (SSSR count). The molecule has 0 saturated carbocycles. The van der Waals surface area contributed by atoms with Gasteiger partial charge in [-0.3, -0.25) is 4.79 Å². The van der Waals surface area contributed by atoms with E-state index in [2.05, 4.69) is 24.5 Å². The van der Waals surface area contributed by atoms with E-state index in [1.54, 1.807) is 6.07 Å². The summed E-state index contributed by atoms with van der Waals surface area (Å²) in [5.74, 6) is 0.153. The highest BCUT2D eigenvalue weighted by molar-refractivity contribution is 6.35. The lowest BCUT2D eigenvalue weighted by molar-refractivity contribution is -0.118. The highest BCUT2D eigenvalue weighted by Crippen LogP contribution is 2.43. The van der Waals surface area contributed by atoms with Crippen LogP contribution in [0.3, 0.4) is 0 Å². The predicted molar refractivity (Wildman–Crippen MR) is 108 cm³/mol. The molecule has 26 heavy (non-hydrogen) atoms. The Labute approximate surface area is 165 Å². The largest absolute Gasteiger partial charge is 0.372 e. The van der Waals surface area contributed by atoms with Gasteiger partial charge in [0.25, 0.3) is 0 Å². The van der Waals surface area contributed by atoms with Crippen LogP contribution in [0.4, 0.5) is 0 Å². The van der Waals surface area contributed by atoms with Gasteiger partial charge in [-0.2, -0.15) is 0 Å². The second-order valence-electron chi connectivity index (χ2n) is 7.61. The number of nitrogens with one attached hydrogen (secondary N) is 2. The van der Waals surface area contributed by atoms with E-state index in [1.807, 2.05) is 38.1 Å². The van der Waals surface area contributed by atoms with E-state index >= 15 is 0 Å². The standard InChI is InChI=1S/C21H24Cl2N2O/c1-5-15-16(6-2)25-20(13-8-7-12(22)9-14(13)23)19-17(24-15)10-21(3,4)11-18(19)26/h5-9,20,24-25H,10-11H2,1-4H3/b15-5+,16-6+. The number of benzene rings is 1. The molecular formula is C21H24Cl2N2O. The zero-order valence-corrected chi connectivity index (χ0v) is 17.1. The Morgan fingerprint density at radius 3 is 2.42 bits per heavy atom. The van der Waals surface area contributed by atoms with Gasteiger partial charge in [0.2, 0.25) is 0 Å². The van der Waals surface area contributed by atoms with E-state index < -0.39 is 0 Å². The van der Waals surface area contributed by atoms with Gasteiger partial charge in [-0.1, -0.05) is 55.3 Å². The average Bonchev–Trinajstić information content (AvgIpc) is 2.70. The zero-order chi connectivity index (χ0) is 19.1. The summed E-state index contributed by atoms with van der Waals surface area (Å²) in [7, 11) is 0. The summed E-state index contributed by atoms with van der Waals surface area (Å²) >= 11 is 12.6. The van der Waals surface area contributed by atoms with Crippen LogP contribution in [0.1, 0.15) is 52.1 Å². The smallest absolute Gasteiger partial charge is 0.163 e. The molecule has 5 heteroatoms. The summed E-state index contributed by atoms with van der Waals surface area (Å²) in [5, 5.41) is 8.16. The van der Waals surface area contributed by atoms with E-state index in [1.165, 1.54) is 0 Å². The molecule has 0 fully saturated rings.